The van der Waals surface area contributed by atoms with E-state index in [1.54, 1.807) is 12.1 Å². The Labute approximate surface area is 120 Å². The molecule has 0 bridgehead atoms. The molecule has 4 nitrogen and oxygen atoms in total. The Bertz CT molecular complexity index is 587. The van der Waals surface area contributed by atoms with Crippen LogP contribution in [0.25, 0.3) is 0 Å². The summed E-state index contributed by atoms with van der Waals surface area (Å²) in [7, 11) is 0. The van der Waals surface area contributed by atoms with Crippen molar-refractivity contribution in [3.63, 3.8) is 0 Å². The van der Waals surface area contributed by atoms with Crippen molar-refractivity contribution < 1.29 is 4.79 Å². The van der Waals surface area contributed by atoms with Gasteiger partial charge in [0.05, 0.1) is 18.4 Å². The van der Waals surface area contributed by atoms with Gasteiger partial charge in [-0.05, 0) is 24.6 Å². The van der Waals surface area contributed by atoms with Gasteiger partial charge in [0, 0.05) is 5.02 Å². The number of aromatic nitrogens is 2. The summed E-state index contributed by atoms with van der Waals surface area (Å²) in [6.45, 7) is 1.87. The Morgan fingerprint density at radius 1 is 1.26 bits per heavy atom. The van der Waals surface area contributed by atoms with E-state index in [0.717, 1.165) is 5.56 Å². The number of carbonyl (C=O) groups excluding carboxylic acids is 1. The second-order valence-electron chi connectivity index (χ2n) is 3.97. The van der Waals surface area contributed by atoms with E-state index in [4.69, 9.17) is 23.2 Å². The molecule has 0 aliphatic rings. The minimum absolute atomic E-state index is 0.177. The smallest absolute Gasteiger partial charge is 0.271 e. The molecule has 19 heavy (non-hydrogen) atoms. The molecule has 1 unspecified atom stereocenters. The van der Waals surface area contributed by atoms with Crippen molar-refractivity contribution in [3.8, 4) is 0 Å². The predicted octanol–water partition coefficient (Wildman–Crippen LogP) is 3.27. The molecule has 98 valence electrons. The van der Waals surface area contributed by atoms with Crippen LogP contribution in [-0.2, 0) is 0 Å². The summed E-state index contributed by atoms with van der Waals surface area (Å²) in [5.74, 6) is -0.309. The van der Waals surface area contributed by atoms with Crippen molar-refractivity contribution in [3.05, 3.63) is 58.1 Å². The normalized spacial score (nSPS) is 11.9. The third-order valence-corrected chi connectivity index (χ3v) is 2.98. The molecular formula is C13H11Cl2N3O. The van der Waals surface area contributed by atoms with Gasteiger partial charge in [-0.15, -0.1) is 0 Å². The summed E-state index contributed by atoms with van der Waals surface area (Å²) >= 11 is 11.5. The van der Waals surface area contributed by atoms with Gasteiger partial charge in [0.2, 0.25) is 0 Å². The van der Waals surface area contributed by atoms with Crippen LogP contribution in [0.3, 0.4) is 0 Å². The number of nitrogens with zero attached hydrogens (tertiary/aromatic N) is 2. The lowest BCUT2D eigenvalue weighted by Gasteiger charge is -2.14. The number of halogens is 2. The van der Waals surface area contributed by atoms with E-state index < -0.39 is 0 Å². The number of nitrogens with one attached hydrogen (secondary N) is 1. The maximum Gasteiger partial charge on any atom is 0.271 e. The zero-order valence-corrected chi connectivity index (χ0v) is 11.6. The second-order valence-corrected chi connectivity index (χ2v) is 4.80. The number of benzene rings is 1. The quantitative estimate of drug-likeness (QED) is 0.945. The minimum Gasteiger partial charge on any atom is -0.344 e. The number of carbonyl (C=O) groups is 1. The molecule has 1 amide bonds. The van der Waals surface area contributed by atoms with E-state index in [2.05, 4.69) is 15.3 Å². The molecule has 2 rings (SSSR count). The maximum atomic E-state index is 11.9. The molecule has 1 aromatic carbocycles. The fraction of sp³-hybridized carbons (Fsp3) is 0.154. The highest BCUT2D eigenvalue weighted by molar-refractivity contribution is 6.30. The van der Waals surface area contributed by atoms with Crippen LogP contribution in [0, 0.1) is 0 Å². The van der Waals surface area contributed by atoms with Crippen LogP contribution < -0.4 is 5.32 Å². The molecule has 0 saturated carbocycles. The van der Waals surface area contributed by atoms with Crippen LogP contribution in [0.15, 0.2) is 36.7 Å². The van der Waals surface area contributed by atoms with Crippen LogP contribution in [0.1, 0.15) is 29.0 Å². The third kappa shape index (κ3) is 3.66. The molecule has 0 fully saturated rings. The average Bonchev–Trinajstić information content (AvgIpc) is 2.39. The summed E-state index contributed by atoms with van der Waals surface area (Å²) in [4.78, 5) is 19.7. The Morgan fingerprint density at radius 2 is 2.05 bits per heavy atom. The van der Waals surface area contributed by atoms with Gasteiger partial charge in [-0.1, -0.05) is 35.3 Å². The summed E-state index contributed by atoms with van der Waals surface area (Å²) in [6, 6.07) is 7.14. The fourth-order valence-electron chi connectivity index (χ4n) is 1.56. The SMILES string of the molecule is CC(NC(=O)c1cnc(Cl)cn1)c1cccc(Cl)c1. The maximum absolute atomic E-state index is 11.9. The topological polar surface area (TPSA) is 54.9 Å². The lowest BCUT2D eigenvalue weighted by Crippen LogP contribution is -2.27. The van der Waals surface area contributed by atoms with Crippen molar-refractivity contribution in [2.75, 3.05) is 0 Å². The molecule has 0 spiro atoms. The second kappa shape index (κ2) is 5.99. The molecule has 0 aliphatic heterocycles. The summed E-state index contributed by atoms with van der Waals surface area (Å²) in [5, 5.41) is 3.69. The van der Waals surface area contributed by atoms with E-state index in [1.807, 2.05) is 19.1 Å². The van der Waals surface area contributed by atoms with Crippen molar-refractivity contribution in [2.24, 2.45) is 0 Å². The first kappa shape index (κ1) is 13.8. The van der Waals surface area contributed by atoms with Crippen LogP contribution in [-0.4, -0.2) is 15.9 Å². The van der Waals surface area contributed by atoms with Gasteiger partial charge in [0.1, 0.15) is 10.8 Å². The molecule has 0 saturated heterocycles. The number of hydrogen-bond acceptors (Lipinski definition) is 3. The molecule has 1 N–H and O–H groups in total. The van der Waals surface area contributed by atoms with E-state index in [1.165, 1.54) is 12.4 Å². The molecule has 6 heteroatoms. The number of rotatable bonds is 3. The molecule has 1 aromatic heterocycles. The first-order valence-electron chi connectivity index (χ1n) is 5.60. The average molecular weight is 296 g/mol. The van der Waals surface area contributed by atoms with Gasteiger partial charge in [0.15, 0.2) is 0 Å². The van der Waals surface area contributed by atoms with Crippen molar-refractivity contribution in [1.29, 1.82) is 0 Å². The molecule has 1 atom stereocenters. The van der Waals surface area contributed by atoms with E-state index >= 15 is 0 Å². The monoisotopic (exact) mass is 295 g/mol. The van der Waals surface area contributed by atoms with Crippen molar-refractivity contribution >= 4 is 29.1 Å². The molecule has 1 heterocycles. The number of amides is 1. The third-order valence-electron chi connectivity index (χ3n) is 2.55. The zero-order chi connectivity index (χ0) is 13.8. The van der Waals surface area contributed by atoms with Gasteiger partial charge in [-0.2, -0.15) is 0 Å². The van der Waals surface area contributed by atoms with Crippen LogP contribution in [0.4, 0.5) is 0 Å². The van der Waals surface area contributed by atoms with Crippen molar-refractivity contribution in [2.45, 2.75) is 13.0 Å². The van der Waals surface area contributed by atoms with E-state index in [-0.39, 0.29) is 22.8 Å². The van der Waals surface area contributed by atoms with Crippen LogP contribution in [0.2, 0.25) is 10.2 Å². The summed E-state index contributed by atoms with van der Waals surface area (Å²) < 4.78 is 0. The highest BCUT2D eigenvalue weighted by atomic mass is 35.5. The highest BCUT2D eigenvalue weighted by Crippen LogP contribution is 2.17. The summed E-state index contributed by atoms with van der Waals surface area (Å²) in [5.41, 5.74) is 1.14. The Morgan fingerprint density at radius 3 is 2.68 bits per heavy atom. The van der Waals surface area contributed by atoms with Gasteiger partial charge >= 0.3 is 0 Å². The largest absolute Gasteiger partial charge is 0.344 e. The van der Waals surface area contributed by atoms with Gasteiger partial charge in [-0.3, -0.25) is 4.79 Å². The first-order valence-corrected chi connectivity index (χ1v) is 6.36. The molecule has 2 aromatic rings. The van der Waals surface area contributed by atoms with E-state index in [0.29, 0.717) is 5.02 Å². The highest BCUT2D eigenvalue weighted by Gasteiger charge is 2.13. The minimum atomic E-state index is -0.309. The van der Waals surface area contributed by atoms with Crippen LogP contribution in [0.5, 0.6) is 0 Å². The van der Waals surface area contributed by atoms with Gasteiger partial charge < -0.3 is 5.32 Å². The Hall–Kier alpha value is -1.65. The van der Waals surface area contributed by atoms with E-state index in [9.17, 15) is 4.79 Å². The van der Waals surface area contributed by atoms with Gasteiger partial charge in [0.25, 0.3) is 5.91 Å². The lowest BCUT2D eigenvalue weighted by atomic mass is 10.1. The molecule has 0 radical (unpaired) electrons. The predicted molar refractivity (Wildman–Crippen MR) is 74.4 cm³/mol. The first-order chi connectivity index (χ1) is 9.06. The van der Waals surface area contributed by atoms with Gasteiger partial charge in [-0.25, -0.2) is 9.97 Å². The summed E-state index contributed by atoms with van der Waals surface area (Å²) in [6.07, 6.45) is 2.67. The van der Waals surface area contributed by atoms with Crippen LogP contribution >= 0.6 is 23.2 Å². The standard InChI is InChI=1S/C13H11Cl2N3O/c1-8(9-3-2-4-10(14)5-9)18-13(19)11-6-17-12(15)7-16-11/h2-8H,1H3,(H,18,19). The Kier molecular flexibility index (Phi) is 4.35. The zero-order valence-electron chi connectivity index (χ0n) is 10.1. The fourth-order valence-corrected chi connectivity index (χ4v) is 1.86. The molecular weight excluding hydrogens is 285 g/mol. The number of hydrogen-bond donors (Lipinski definition) is 1. The molecule has 0 aliphatic carbocycles. The lowest BCUT2D eigenvalue weighted by molar-refractivity contribution is 0.0934. The van der Waals surface area contributed by atoms with Crippen molar-refractivity contribution in [1.82, 2.24) is 15.3 Å². The Balaban J connectivity index is 2.08.